The van der Waals surface area contributed by atoms with E-state index in [1.54, 1.807) is 32.2 Å². The first-order chi connectivity index (χ1) is 10.5. The minimum atomic E-state index is -0.569. The Morgan fingerprint density at radius 2 is 2.23 bits per heavy atom. The third-order valence-corrected chi connectivity index (χ3v) is 3.48. The summed E-state index contributed by atoms with van der Waals surface area (Å²) in [5.74, 6) is -0.132. The highest BCUT2D eigenvalue weighted by Gasteiger charge is 2.24. The number of pyridine rings is 1. The number of hydrogen-bond donors (Lipinski definition) is 1. The molecule has 0 aliphatic carbocycles. The Bertz CT molecular complexity index is 788. The van der Waals surface area contributed by atoms with Crippen molar-refractivity contribution in [3.63, 3.8) is 0 Å². The second-order valence-electron chi connectivity index (χ2n) is 4.90. The molecule has 1 aromatic heterocycles. The van der Waals surface area contributed by atoms with E-state index in [-0.39, 0.29) is 30.5 Å². The number of carbonyl (C=O) groups is 2. The number of hydrogen-bond acceptors (Lipinski definition) is 6. The van der Waals surface area contributed by atoms with Crippen molar-refractivity contribution in [2.24, 2.45) is 0 Å². The number of carbonyl (C=O) groups excluding carboxylic acids is 2. The Kier molecular flexibility index (Phi) is 3.32. The highest BCUT2D eigenvalue weighted by atomic mass is 16.5. The molecule has 2 N–H and O–H groups in total. The van der Waals surface area contributed by atoms with Gasteiger partial charge in [0.1, 0.15) is 5.75 Å². The van der Waals surface area contributed by atoms with Crippen molar-refractivity contribution in [2.45, 2.75) is 6.92 Å². The number of anilines is 2. The first kappa shape index (κ1) is 14.1. The van der Waals surface area contributed by atoms with Crippen molar-refractivity contribution in [1.29, 1.82) is 0 Å². The van der Waals surface area contributed by atoms with E-state index in [9.17, 15) is 9.59 Å². The first-order valence-electron chi connectivity index (χ1n) is 6.82. The lowest BCUT2D eigenvalue weighted by Gasteiger charge is -2.26. The number of nitrogens with zero attached hydrogens (tertiary/aromatic N) is 2. The molecule has 1 amide bonds. The lowest BCUT2D eigenvalue weighted by Crippen LogP contribution is -2.35. The Labute approximate surface area is 126 Å². The van der Waals surface area contributed by atoms with Gasteiger partial charge in [-0.25, -0.2) is 9.78 Å². The van der Waals surface area contributed by atoms with Crippen molar-refractivity contribution in [3.8, 4) is 5.75 Å². The average Bonchev–Trinajstić information content (AvgIpc) is 2.49. The highest BCUT2D eigenvalue weighted by molar-refractivity contribution is 6.02. The molecular formula is C15H15N3O4. The minimum Gasteiger partial charge on any atom is -0.482 e. The summed E-state index contributed by atoms with van der Waals surface area (Å²) in [6.07, 6.45) is 0. The Morgan fingerprint density at radius 1 is 1.45 bits per heavy atom. The molecule has 0 atom stereocenters. The number of aromatic nitrogens is 1. The predicted octanol–water partition coefficient (Wildman–Crippen LogP) is 1.35. The standard InChI is InChI=1S/C15H15N3O4/c1-3-21-15(20)14-9(16)4-8-5-12-11(6-10(8)17-14)18(2)13(19)7-22-12/h4-6H,3,7,16H2,1-2H3. The molecule has 0 spiro atoms. The maximum absolute atomic E-state index is 11.9. The molecule has 0 bridgehead atoms. The van der Waals surface area contributed by atoms with Crippen LogP contribution < -0.4 is 15.4 Å². The van der Waals surface area contributed by atoms with Crippen molar-refractivity contribution in [3.05, 3.63) is 23.9 Å². The number of fused-ring (bicyclic) bond motifs is 2. The number of esters is 1. The molecule has 1 aliphatic rings. The van der Waals surface area contributed by atoms with Crippen molar-refractivity contribution in [2.75, 3.05) is 30.9 Å². The number of likely N-dealkylation sites (N-methyl/N-ethyl adjacent to an activating group) is 1. The Balaban J connectivity index is 2.15. The summed E-state index contributed by atoms with van der Waals surface area (Å²) in [7, 11) is 1.67. The summed E-state index contributed by atoms with van der Waals surface area (Å²) in [5.41, 5.74) is 7.34. The monoisotopic (exact) mass is 301 g/mol. The predicted molar refractivity (Wildman–Crippen MR) is 81.0 cm³/mol. The van der Waals surface area contributed by atoms with Gasteiger partial charge in [0.25, 0.3) is 5.91 Å². The highest BCUT2D eigenvalue weighted by Crippen LogP contribution is 2.35. The fourth-order valence-electron chi connectivity index (χ4n) is 2.32. The smallest absolute Gasteiger partial charge is 0.359 e. The SMILES string of the molecule is CCOC(=O)c1nc2cc3c(cc2cc1N)OCC(=O)N3C. The zero-order valence-corrected chi connectivity index (χ0v) is 12.3. The maximum atomic E-state index is 11.9. The van der Waals surface area contributed by atoms with E-state index in [1.807, 2.05) is 0 Å². The van der Waals surface area contributed by atoms with Gasteiger partial charge in [-0.05, 0) is 25.1 Å². The number of benzene rings is 1. The van der Waals surface area contributed by atoms with Crippen LogP contribution in [0.5, 0.6) is 5.75 Å². The van der Waals surface area contributed by atoms with Crippen LogP contribution in [0.2, 0.25) is 0 Å². The zero-order chi connectivity index (χ0) is 15.9. The van der Waals surface area contributed by atoms with E-state index >= 15 is 0 Å². The second kappa shape index (κ2) is 5.18. The van der Waals surface area contributed by atoms with Gasteiger partial charge in [-0.3, -0.25) is 4.79 Å². The summed E-state index contributed by atoms with van der Waals surface area (Å²) in [4.78, 5) is 29.3. The molecule has 3 rings (SSSR count). The topological polar surface area (TPSA) is 94.7 Å². The van der Waals surface area contributed by atoms with Crippen molar-refractivity contribution in [1.82, 2.24) is 4.98 Å². The van der Waals surface area contributed by atoms with E-state index in [0.717, 1.165) is 5.39 Å². The molecule has 114 valence electrons. The second-order valence-corrected chi connectivity index (χ2v) is 4.90. The van der Waals surface area contributed by atoms with Crippen molar-refractivity contribution < 1.29 is 19.1 Å². The molecule has 7 heteroatoms. The van der Waals surface area contributed by atoms with Gasteiger partial charge < -0.3 is 20.1 Å². The molecule has 0 radical (unpaired) electrons. The summed E-state index contributed by atoms with van der Waals surface area (Å²) in [6, 6.07) is 5.10. The van der Waals surface area contributed by atoms with Gasteiger partial charge in [-0.15, -0.1) is 0 Å². The van der Waals surface area contributed by atoms with Crippen LogP contribution in [-0.4, -0.2) is 37.1 Å². The van der Waals surface area contributed by atoms with Gasteiger partial charge in [0.2, 0.25) is 0 Å². The molecule has 2 aromatic rings. The third-order valence-electron chi connectivity index (χ3n) is 3.48. The van der Waals surface area contributed by atoms with Crippen LogP contribution in [0, 0.1) is 0 Å². The quantitative estimate of drug-likeness (QED) is 0.841. The molecule has 0 saturated heterocycles. The van der Waals surface area contributed by atoms with Gasteiger partial charge in [0.05, 0.1) is 23.5 Å². The molecule has 1 aromatic carbocycles. The number of nitrogens with two attached hydrogens (primary N) is 1. The number of ether oxygens (including phenoxy) is 2. The van der Waals surface area contributed by atoms with Gasteiger partial charge in [-0.2, -0.15) is 0 Å². The van der Waals surface area contributed by atoms with Gasteiger partial charge in [-0.1, -0.05) is 0 Å². The summed E-state index contributed by atoms with van der Waals surface area (Å²) < 4.78 is 10.4. The number of amides is 1. The summed E-state index contributed by atoms with van der Waals surface area (Å²) in [6.45, 7) is 1.95. The van der Waals surface area contributed by atoms with Crippen LogP contribution in [0.3, 0.4) is 0 Å². The zero-order valence-electron chi connectivity index (χ0n) is 12.3. The van der Waals surface area contributed by atoms with E-state index in [0.29, 0.717) is 17.0 Å². The van der Waals surface area contributed by atoms with Crippen LogP contribution in [-0.2, 0) is 9.53 Å². The van der Waals surface area contributed by atoms with E-state index < -0.39 is 5.97 Å². The Hall–Kier alpha value is -2.83. The van der Waals surface area contributed by atoms with Gasteiger partial charge in [0.15, 0.2) is 12.3 Å². The molecule has 2 heterocycles. The van der Waals surface area contributed by atoms with Crippen molar-refractivity contribution >= 4 is 34.2 Å². The van der Waals surface area contributed by atoms with E-state index in [1.165, 1.54) is 4.90 Å². The lowest BCUT2D eigenvalue weighted by atomic mass is 10.1. The Morgan fingerprint density at radius 3 is 2.95 bits per heavy atom. The summed E-state index contributed by atoms with van der Waals surface area (Å²) >= 11 is 0. The molecule has 22 heavy (non-hydrogen) atoms. The fraction of sp³-hybridized carbons (Fsp3) is 0.267. The average molecular weight is 301 g/mol. The first-order valence-corrected chi connectivity index (χ1v) is 6.82. The van der Waals surface area contributed by atoms with Crippen LogP contribution in [0.15, 0.2) is 18.2 Å². The van der Waals surface area contributed by atoms with E-state index in [2.05, 4.69) is 4.98 Å². The third kappa shape index (κ3) is 2.20. The minimum absolute atomic E-state index is 0.00116. The van der Waals surface area contributed by atoms with Crippen LogP contribution in [0.1, 0.15) is 17.4 Å². The molecule has 0 saturated carbocycles. The van der Waals surface area contributed by atoms with Crippen LogP contribution in [0.25, 0.3) is 10.9 Å². The van der Waals surface area contributed by atoms with E-state index in [4.69, 9.17) is 15.2 Å². The largest absolute Gasteiger partial charge is 0.482 e. The molecule has 0 fully saturated rings. The number of nitrogen functional groups attached to an aromatic ring is 1. The van der Waals surface area contributed by atoms with Gasteiger partial charge in [0, 0.05) is 12.4 Å². The number of rotatable bonds is 2. The van der Waals surface area contributed by atoms with Crippen LogP contribution >= 0.6 is 0 Å². The van der Waals surface area contributed by atoms with Gasteiger partial charge >= 0.3 is 5.97 Å². The fourth-order valence-corrected chi connectivity index (χ4v) is 2.32. The molecule has 7 nitrogen and oxygen atoms in total. The molecular weight excluding hydrogens is 286 g/mol. The maximum Gasteiger partial charge on any atom is 0.359 e. The lowest BCUT2D eigenvalue weighted by molar-refractivity contribution is -0.120. The van der Waals surface area contributed by atoms with Crippen LogP contribution in [0.4, 0.5) is 11.4 Å². The normalized spacial score (nSPS) is 13.7. The summed E-state index contributed by atoms with van der Waals surface area (Å²) in [5, 5.41) is 0.729. The molecule has 0 unspecified atom stereocenters. The molecule has 1 aliphatic heterocycles.